The molecule has 3 atom stereocenters. The predicted molar refractivity (Wildman–Crippen MR) is 123 cm³/mol. The first-order valence-corrected chi connectivity index (χ1v) is 11.5. The van der Waals surface area contributed by atoms with Gasteiger partial charge in [-0.2, -0.15) is 0 Å². The summed E-state index contributed by atoms with van der Waals surface area (Å²) in [6.45, 7) is 12.1. The van der Waals surface area contributed by atoms with E-state index in [1.165, 1.54) is 50.5 Å². The first kappa shape index (κ1) is 24.8. The van der Waals surface area contributed by atoms with Crippen molar-refractivity contribution in [3.8, 4) is 12.3 Å². The van der Waals surface area contributed by atoms with Crippen LogP contribution in [-0.2, 0) is 11.3 Å². The third-order valence-electron chi connectivity index (χ3n) is 5.93. The highest BCUT2D eigenvalue weighted by atomic mass is 16.5. The van der Waals surface area contributed by atoms with Gasteiger partial charge >= 0.3 is 0 Å². The minimum Gasteiger partial charge on any atom is -0.358 e. The average molecular weight is 385 g/mol. The van der Waals surface area contributed by atoms with Gasteiger partial charge in [0.25, 0.3) is 0 Å². The lowest BCUT2D eigenvalue weighted by atomic mass is 9.90. The number of terminal acetylenes is 1. The van der Waals surface area contributed by atoms with Crippen molar-refractivity contribution >= 4 is 0 Å². The summed E-state index contributed by atoms with van der Waals surface area (Å²) in [6, 6.07) is 10.3. The molecule has 158 valence electrons. The first-order chi connectivity index (χ1) is 13.3. The van der Waals surface area contributed by atoms with Gasteiger partial charge in [0.1, 0.15) is 5.60 Å². The second kappa shape index (κ2) is 13.8. The van der Waals surface area contributed by atoms with Crippen molar-refractivity contribution in [2.75, 3.05) is 0 Å². The summed E-state index contributed by atoms with van der Waals surface area (Å²) < 4.78 is 6.08. The van der Waals surface area contributed by atoms with Crippen LogP contribution in [0.25, 0.3) is 0 Å². The zero-order valence-electron chi connectivity index (χ0n) is 19.2. The van der Waals surface area contributed by atoms with Crippen LogP contribution in [0.1, 0.15) is 98.0 Å². The van der Waals surface area contributed by atoms with Crippen molar-refractivity contribution in [3.05, 3.63) is 35.9 Å². The Hall–Kier alpha value is -1.26. The van der Waals surface area contributed by atoms with Gasteiger partial charge in [-0.1, -0.05) is 109 Å². The molecule has 1 rings (SSSR count). The van der Waals surface area contributed by atoms with Gasteiger partial charge in [-0.25, -0.2) is 0 Å². The number of hydrogen-bond donors (Lipinski definition) is 0. The van der Waals surface area contributed by atoms with Crippen molar-refractivity contribution in [3.63, 3.8) is 0 Å². The molecule has 0 radical (unpaired) electrons. The Kier molecular flexibility index (Phi) is 12.2. The molecule has 0 spiro atoms. The monoisotopic (exact) mass is 384 g/mol. The molecule has 0 heterocycles. The van der Waals surface area contributed by atoms with Crippen LogP contribution in [0.3, 0.4) is 0 Å². The normalized spacial score (nSPS) is 15.8. The predicted octanol–water partition coefficient (Wildman–Crippen LogP) is 8.03. The zero-order valence-corrected chi connectivity index (χ0v) is 19.2. The fourth-order valence-corrected chi connectivity index (χ4v) is 3.77. The molecule has 0 N–H and O–H groups in total. The van der Waals surface area contributed by atoms with Crippen LogP contribution in [0.2, 0.25) is 0 Å². The van der Waals surface area contributed by atoms with E-state index in [4.69, 9.17) is 11.2 Å². The van der Waals surface area contributed by atoms with Crippen molar-refractivity contribution in [2.45, 2.75) is 105 Å². The van der Waals surface area contributed by atoms with E-state index in [2.05, 4.69) is 52.7 Å². The summed E-state index contributed by atoms with van der Waals surface area (Å²) in [5.41, 5.74) is 0.723. The van der Waals surface area contributed by atoms with Gasteiger partial charge in [-0.15, -0.1) is 6.42 Å². The molecule has 1 aromatic carbocycles. The van der Waals surface area contributed by atoms with Crippen LogP contribution in [0.5, 0.6) is 0 Å². The highest BCUT2D eigenvalue weighted by Gasteiger charge is 2.22. The minimum absolute atomic E-state index is 0.458. The highest BCUT2D eigenvalue weighted by molar-refractivity contribution is 5.14. The molecule has 1 nitrogen and oxygen atoms in total. The number of benzene rings is 1. The van der Waals surface area contributed by atoms with E-state index in [1.54, 1.807) is 0 Å². The summed E-state index contributed by atoms with van der Waals surface area (Å²) in [6.07, 6.45) is 17.3. The molecule has 1 heteroatoms. The zero-order chi connectivity index (χ0) is 20.8. The summed E-state index contributed by atoms with van der Waals surface area (Å²) >= 11 is 0. The van der Waals surface area contributed by atoms with E-state index in [-0.39, 0.29) is 0 Å². The van der Waals surface area contributed by atoms with Gasteiger partial charge in [-0.05, 0) is 43.1 Å². The van der Waals surface area contributed by atoms with Crippen LogP contribution in [0.4, 0.5) is 0 Å². The van der Waals surface area contributed by atoms with Crippen molar-refractivity contribution in [1.29, 1.82) is 0 Å². The summed E-state index contributed by atoms with van der Waals surface area (Å²) in [5.74, 6) is 5.38. The molecule has 0 amide bonds. The van der Waals surface area contributed by atoms with Gasteiger partial charge < -0.3 is 4.74 Å². The Balaban J connectivity index is 2.17. The molecule has 0 fully saturated rings. The van der Waals surface area contributed by atoms with Crippen LogP contribution in [0, 0.1) is 30.1 Å². The Labute approximate surface area is 175 Å². The third-order valence-corrected chi connectivity index (χ3v) is 5.93. The third kappa shape index (κ3) is 11.6. The summed E-state index contributed by atoms with van der Waals surface area (Å²) in [5, 5.41) is 0. The molecular weight excluding hydrogens is 340 g/mol. The van der Waals surface area contributed by atoms with Gasteiger partial charge in [-0.3, -0.25) is 0 Å². The highest BCUT2D eigenvalue weighted by Crippen LogP contribution is 2.25. The number of rotatable bonds is 15. The Morgan fingerprint density at radius 1 is 0.857 bits per heavy atom. The SMILES string of the molecule is C#CC(C)(CCCC(C)CCCC(C)CCCC(C)C)OCc1ccccc1. The van der Waals surface area contributed by atoms with Crippen molar-refractivity contribution in [1.82, 2.24) is 0 Å². The maximum atomic E-state index is 6.08. The second-order valence-electron chi connectivity index (χ2n) is 9.51. The molecular formula is C27H44O. The lowest BCUT2D eigenvalue weighted by Gasteiger charge is -2.25. The van der Waals surface area contributed by atoms with E-state index >= 15 is 0 Å². The summed E-state index contributed by atoms with van der Waals surface area (Å²) in [4.78, 5) is 0. The van der Waals surface area contributed by atoms with E-state index in [0.717, 1.165) is 30.6 Å². The first-order valence-electron chi connectivity index (χ1n) is 11.5. The molecule has 0 aliphatic heterocycles. The number of ether oxygens (including phenoxy) is 1. The fourth-order valence-electron chi connectivity index (χ4n) is 3.77. The van der Waals surface area contributed by atoms with Crippen molar-refractivity contribution < 1.29 is 4.74 Å². The molecule has 0 aliphatic carbocycles. The van der Waals surface area contributed by atoms with Crippen LogP contribution in [0.15, 0.2) is 30.3 Å². The van der Waals surface area contributed by atoms with E-state index < -0.39 is 5.60 Å². The largest absolute Gasteiger partial charge is 0.358 e. The van der Waals surface area contributed by atoms with Crippen LogP contribution >= 0.6 is 0 Å². The maximum Gasteiger partial charge on any atom is 0.126 e. The van der Waals surface area contributed by atoms with E-state index in [9.17, 15) is 0 Å². The smallest absolute Gasteiger partial charge is 0.126 e. The second-order valence-corrected chi connectivity index (χ2v) is 9.51. The van der Waals surface area contributed by atoms with Crippen LogP contribution < -0.4 is 0 Å². The van der Waals surface area contributed by atoms with Gasteiger partial charge in [0.05, 0.1) is 6.61 Å². The maximum absolute atomic E-state index is 6.08. The average Bonchev–Trinajstić information content (AvgIpc) is 2.67. The molecule has 0 bridgehead atoms. The van der Waals surface area contributed by atoms with E-state index in [1.807, 2.05) is 18.2 Å². The minimum atomic E-state index is -0.458. The van der Waals surface area contributed by atoms with Crippen molar-refractivity contribution in [2.24, 2.45) is 17.8 Å². The topological polar surface area (TPSA) is 9.23 Å². The molecule has 0 aromatic heterocycles. The van der Waals surface area contributed by atoms with Gasteiger partial charge in [0.2, 0.25) is 0 Å². The number of hydrogen-bond acceptors (Lipinski definition) is 1. The molecule has 0 saturated heterocycles. The van der Waals surface area contributed by atoms with Crippen LogP contribution in [-0.4, -0.2) is 5.60 Å². The lowest BCUT2D eigenvalue weighted by Crippen LogP contribution is -2.26. The molecule has 28 heavy (non-hydrogen) atoms. The van der Waals surface area contributed by atoms with E-state index in [0.29, 0.717) is 6.61 Å². The van der Waals surface area contributed by atoms with Gasteiger partial charge in [0, 0.05) is 0 Å². The molecule has 0 saturated carbocycles. The Morgan fingerprint density at radius 2 is 1.39 bits per heavy atom. The molecule has 3 unspecified atom stereocenters. The molecule has 1 aromatic rings. The molecule has 0 aliphatic rings. The Morgan fingerprint density at radius 3 is 1.93 bits per heavy atom. The Bertz CT molecular complexity index is 541. The standard InChI is InChI=1S/C27H44O/c1-7-27(6,28-22-26-19-9-8-10-20-26)21-13-18-25(5)17-12-16-24(4)15-11-14-23(2)3/h1,8-10,19-20,23-25H,11-18,21-22H2,2-6H3. The summed E-state index contributed by atoms with van der Waals surface area (Å²) in [7, 11) is 0. The quantitative estimate of drug-likeness (QED) is 0.278. The van der Waals surface area contributed by atoms with Gasteiger partial charge in [0.15, 0.2) is 0 Å². The fraction of sp³-hybridized carbons (Fsp3) is 0.704. The lowest BCUT2D eigenvalue weighted by molar-refractivity contribution is -0.00719.